The van der Waals surface area contributed by atoms with Gasteiger partial charge in [-0.2, -0.15) is 0 Å². The number of likely N-dealkylation sites (tertiary alicyclic amines) is 1. The summed E-state index contributed by atoms with van der Waals surface area (Å²) < 4.78 is 38.0. The average Bonchev–Trinajstić information content (AvgIpc) is 1.90. The van der Waals surface area contributed by atoms with Gasteiger partial charge in [0, 0.05) is 19.6 Å². The molecule has 0 bridgehead atoms. The number of alkyl halides is 3. The van der Waals surface area contributed by atoms with Crippen LogP contribution in [0.4, 0.5) is 13.2 Å². The van der Waals surface area contributed by atoms with E-state index in [0.29, 0.717) is 13.1 Å². The molecular formula is C7H10F3NO3. The Labute approximate surface area is 78.2 Å². The highest BCUT2D eigenvalue weighted by atomic mass is 19.4. The molecule has 4 nitrogen and oxygen atoms in total. The number of nitrogens with zero attached hydrogens (tertiary/aromatic N) is 1. The van der Waals surface area contributed by atoms with Crippen LogP contribution < -0.4 is 0 Å². The lowest BCUT2D eigenvalue weighted by atomic mass is 10.0. The summed E-state index contributed by atoms with van der Waals surface area (Å²) in [5.74, 6) is -1.35. The Morgan fingerprint density at radius 3 is 2.50 bits per heavy atom. The number of halogens is 3. The van der Waals surface area contributed by atoms with E-state index in [9.17, 15) is 18.0 Å². The molecule has 0 aromatic rings. The van der Waals surface area contributed by atoms with Crippen molar-refractivity contribution in [2.24, 2.45) is 5.92 Å². The van der Waals surface area contributed by atoms with Crippen LogP contribution in [0.2, 0.25) is 0 Å². The summed E-state index contributed by atoms with van der Waals surface area (Å²) in [4.78, 5) is 11.9. The lowest BCUT2D eigenvalue weighted by Crippen LogP contribution is -2.51. The van der Waals surface area contributed by atoms with Gasteiger partial charge < -0.3 is 5.11 Å². The first-order valence-corrected chi connectivity index (χ1v) is 4.04. The average molecular weight is 213 g/mol. The van der Waals surface area contributed by atoms with Crippen LogP contribution in [0.25, 0.3) is 0 Å². The zero-order valence-corrected chi connectivity index (χ0v) is 7.25. The molecule has 0 aromatic carbocycles. The van der Waals surface area contributed by atoms with Crippen LogP contribution in [0, 0.1) is 5.92 Å². The Bertz CT molecular complexity index is 213. The third-order valence-electron chi connectivity index (χ3n) is 1.98. The predicted octanol–water partition coefficient (Wildman–Crippen LogP) is 0.539. The van der Waals surface area contributed by atoms with Crippen molar-refractivity contribution in [2.45, 2.75) is 6.36 Å². The monoisotopic (exact) mass is 213 g/mol. The molecular weight excluding hydrogens is 203 g/mol. The normalized spacial score (nSPS) is 19.4. The summed E-state index contributed by atoms with van der Waals surface area (Å²) in [5.41, 5.74) is 0. The molecule has 1 aliphatic heterocycles. The fraction of sp³-hybridized carbons (Fsp3) is 0.857. The predicted molar refractivity (Wildman–Crippen MR) is 39.6 cm³/mol. The highest BCUT2D eigenvalue weighted by molar-refractivity contribution is 5.71. The van der Waals surface area contributed by atoms with E-state index in [-0.39, 0.29) is 6.54 Å². The minimum absolute atomic E-state index is 0.114. The van der Waals surface area contributed by atoms with Crippen molar-refractivity contribution in [1.82, 2.24) is 4.90 Å². The van der Waals surface area contributed by atoms with E-state index in [1.54, 1.807) is 4.90 Å². The van der Waals surface area contributed by atoms with Crippen LogP contribution in [0.3, 0.4) is 0 Å². The van der Waals surface area contributed by atoms with Gasteiger partial charge in [-0.3, -0.25) is 14.4 Å². The van der Waals surface area contributed by atoms with E-state index >= 15 is 0 Å². The van der Waals surface area contributed by atoms with Crippen molar-refractivity contribution in [2.75, 3.05) is 26.2 Å². The van der Waals surface area contributed by atoms with E-state index in [1.807, 2.05) is 0 Å². The molecule has 7 heteroatoms. The van der Waals surface area contributed by atoms with Gasteiger partial charge >= 0.3 is 12.3 Å². The maximum absolute atomic E-state index is 11.5. The Morgan fingerprint density at radius 1 is 1.50 bits per heavy atom. The molecule has 1 aliphatic rings. The molecule has 82 valence electrons. The second kappa shape index (κ2) is 4.14. The van der Waals surface area contributed by atoms with Crippen molar-refractivity contribution in [3.63, 3.8) is 0 Å². The number of aliphatic carboxylic acids is 1. The number of rotatable bonds is 4. The van der Waals surface area contributed by atoms with Crippen LogP contribution in [0.5, 0.6) is 0 Å². The van der Waals surface area contributed by atoms with Crippen molar-refractivity contribution < 1.29 is 27.8 Å². The Balaban J connectivity index is 2.04. The van der Waals surface area contributed by atoms with Crippen LogP contribution >= 0.6 is 0 Å². The molecule has 1 rings (SSSR count). The SMILES string of the molecule is O=C(O)C1CN(CCOC(F)(F)F)C1. The Kier molecular flexibility index (Phi) is 3.33. The van der Waals surface area contributed by atoms with Gasteiger partial charge in [0.1, 0.15) is 0 Å². The van der Waals surface area contributed by atoms with Crippen molar-refractivity contribution in [3.05, 3.63) is 0 Å². The second-order valence-corrected chi connectivity index (χ2v) is 3.09. The number of hydrogen-bond acceptors (Lipinski definition) is 3. The molecule has 1 fully saturated rings. The topological polar surface area (TPSA) is 49.8 Å². The summed E-state index contributed by atoms with van der Waals surface area (Å²) >= 11 is 0. The molecule has 0 aromatic heterocycles. The summed E-state index contributed by atoms with van der Waals surface area (Å²) in [7, 11) is 0. The maximum atomic E-state index is 11.5. The smallest absolute Gasteiger partial charge is 0.481 e. The maximum Gasteiger partial charge on any atom is 0.522 e. The van der Waals surface area contributed by atoms with Gasteiger partial charge in [0.15, 0.2) is 0 Å². The van der Waals surface area contributed by atoms with Crippen LogP contribution in [-0.2, 0) is 9.53 Å². The summed E-state index contributed by atoms with van der Waals surface area (Å²) in [6.07, 6.45) is -4.60. The highest BCUT2D eigenvalue weighted by Crippen LogP contribution is 2.18. The quantitative estimate of drug-likeness (QED) is 0.740. The first kappa shape index (κ1) is 11.3. The van der Waals surface area contributed by atoms with Gasteiger partial charge in [-0.05, 0) is 0 Å². The van der Waals surface area contributed by atoms with Crippen LogP contribution in [-0.4, -0.2) is 48.6 Å². The van der Waals surface area contributed by atoms with E-state index in [0.717, 1.165) is 0 Å². The number of carboxylic acids is 1. The molecule has 1 N–H and O–H groups in total. The third-order valence-corrected chi connectivity index (χ3v) is 1.98. The first-order chi connectivity index (χ1) is 6.38. The third kappa shape index (κ3) is 3.51. The second-order valence-electron chi connectivity index (χ2n) is 3.09. The summed E-state index contributed by atoms with van der Waals surface area (Å²) in [6.45, 7) is 0.270. The number of carbonyl (C=O) groups is 1. The fourth-order valence-corrected chi connectivity index (χ4v) is 1.20. The molecule has 0 saturated carbocycles. The van der Waals surface area contributed by atoms with Gasteiger partial charge in [-0.15, -0.1) is 13.2 Å². The van der Waals surface area contributed by atoms with E-state index < -0.39 is 24.9 Å². The van der Waals surface area contributed by atoms with E-state index in [1.165, 1.54) is 0 Å². The molecule has 0 amide bonds. The molecule has 0 atom stereocenters. The molecule has 0 aliphatic carbocycles. The summed E-state index contributed by atoms with van der Waals surface area (Å²) in [6, 6.07) is 0. The number of carboxylic acid groups (broad SMARTS) is 1. The van der Waals surface area contributed by atoms with Gasteiger partial charge in [0.2, 0.25) is 0 Å². The molecule has 0 radical (unpaired) electrons. The minimum atomic E-state index is -4.60. The lowest BCUT2D eigenvalue weighted by molar-refractivity contribution is -0.325. The Hall–Kier alpha value is -0.820. The highest BCUT2D eigenvalue weighted by Gasteiger charge is 2.33. The number of hydrogen-bond donors (Lipinski definition) is 1. The van der Waals surface area contributed by atoms with Crippen LogP contribution in [0.1, 0.15) is 0 Å². The largest absolute Gasteiger partial charge is 0.522 e. The van der Waals surface area contributed by atoms with E-state index in [4.69, 9.17) is 5.11 Å². The minimum Gasteiger partial charge on any atom is -0.481 e. The molecule has 0 unspecified atom stereocenters. The molecule has 14 heavy (non-hydrogen) atoms. The Morgan fingerprint density at radius 2 is 2.07 bits per heavy atom. The van der Waals surface area contributed by atoms with E-state index in [2.05, 4.69) is 4.74 Å². The first-order valence-electron chi connectivity index (χ1n) is 4.04. The molecule has 1 saturated heterocycles. The zero-order chi connectivity index (χ0) is 10.8. The molecule has 1 heterocycles. The van der Waals surface area contributed by atoms with Crippen molar-refractivity contribution in [3.8, 4) is 0 Å². The number of ether oxygens (including phenoxy) is 1. The summed E-state index contributed by atoms with van der Waals surface area (Å²) in [5, 5.41) is 8.47. The standard InChI is InChI=1S/C7H10F3NO3/c8-7(9,10)14-2-1-11-3-5(4-11)6(12)13/h5H,1-4H2,(H,12,13). The van der Waals surface area contributed by atoms with Crippen molar-refractivity contribution in [1.29, 1.82) is 0 Å². The van der Waals surface area contributed by atoms with Gasteiger partial charge in [0.05, 0.1) is 12.5 Å². The molecule has 0 spiro atoms. The zero-order valence-electron chi connectivity index (χ0n) is 7.25. The van der Waals surface area contributed by atoms with Gasteiger partial charge in [-0.25, -0.2) is 0 Å². The van der Waals surface area contributed by atoms with Crippen LogP contribution in [0.15, 0.2) is 0 Å². The van der Waals surface area contributed by atoms with Gasteiger partial charge in [0.25, 0.3) is 0 Å². The van der Waals surface area contributed by atoms with Crippen molar-refractivity contribution >= 4 is 5.97 Å². The fourth-order valence-electron chi connectivity index (χ4n) is 1.20. The lowest BCUT2D eigenvalue weighted by Gasteiger charge is -2.36. The van der Waals surface area contributed by atoms with Gasteiger partial charge in [-0.1, -0.05) is 0 Å².